The molecule has 4 aliphatic rings. The summed E-state index contributed by atoms with van der Waals surface area (Å²) in [6, 6.07) is 6.97. The second kappa shape index (κ2) is 7.31. The van der Waals surface area contributed by atoms with E-state index < -0.39 is 0 Å². The van der Waals surface area contributed by atoms with E-state index in [1.165, 1.54) is 37.0 Å². The molecule has 176 valence electrons. The van der Waals surface area contributed by atoms with Gasteiger partial charge in [0.15, 0.2) is 0 Å². The zero-order valence-electron chi connectivity index (χ0n) is 19.8. The summed E-state index contributed by atoms with van der Waals surface area (Å²) >= 11 is 0. The Kier molecular flexibility index (Phi) is 4.69. The van der Waals surface area contributed by atoms with Crippen molar-refractivity contribution in [2.45, 2.75) is 77.9 Å². The largest absolute Gasteiger partial charge is 0.462 e. The average Bonchev–Trinajstić information content (AvgIpc) is 3.32. The molecule has 2 heterocycles. The number of aromatic nitrogens is 2. The molecule has 3 fully saturated rings. The van der Waals surface area contributed by atoms with E-state index in [2.05, 4.69) is 24.3 Å². The predicted molar refractivity (Wildman–Crippen MR) is 125 cm³/mol. The van der Waals surface area contributed by atoms with Crippen molar-refractivity contribution in [2.75, 3.05) is 5.32 Å². The molecule has 0 unspecified atom stereocenters. The van der Waals surface area contributed by atoms with Crippen LogP contribution < -0.4 is 5.32 Å². The zero-order chi connectivity index (χ0) is 23.0. The fraction of sp³-hybridized carbons (Fsp3) is 0.630. The smallest absolute Gasteiger partial charge is 0.302 e. The number of hydrogen-bond donors (Lipinski definition) is 1. The number of nitrogens with zero attached hydrogens (tertiary/aromatic N) is 2. The lowest BCUT2D eigenvalue weighted by atomic mass is 9.47. The normalized spacial score (nSPS) is 39.0. The molecule has 1 aliphatic heterocycles. The van der Waals surface area contributed by atoms with Crippen molar-refractivity contribution in [3.63, 3.8) is 0 Å². The number of nitrogens with one attached hydrogen (secondary N) is 1. The van der Waals surface area contributed by atoms with Crippen molar-refractivity contribution in [3.8, 4) is 5.69 Å². The highest BCUT2D eigenvalue weighted by Gasteiger charge is 2.61. The molecule has 6 rings (SSSR count). The monoisotopic (exact) mass is 451 g/mol. The van der Waals surface area contributed by atoms with Crippen LogP contribution in [0.3, 0.4) is 0 Å². The van der Waals surface area contributed by atoms with Gasteiger partial charge in [-0.3, -0.25) is 4.79 Å². The minimum atomic E-state index is -0.231. The van der Waals surface area contributed by atoms with Crippen molar-refractivity contribution in [3.05, 3.63) is 41.8 Å². The molecular weight excluding hydrogens is 417 g/mol. The number of carbonyl (C=O) groups is 1. The van der Waals surface area contributed by atoms with E-state index >= 15 is 0 Å². The second-order valence-electron chi connectivity index (χ2n) is 11.5. The second-order valence-corrected chi connectivity index (χ2v) is 11.5. The summed E-state index contributed by atoms with van der Waals surface area (Å²) in [5.41, 5.74) is 2.46. The maximum Gasteiger partial charge on any atom is 0.302 e. The van der Waals surface area contributed by atoms with Gasteiger partial charge < -0.3 is 10.1 Å². The Morgan fingerprint density at radius 1 is 1.09 bits per heavy atom. The standard InChI is InChI=1S/C27H34FN3O2/c1-16(32)33-24-11-9-21-20-8-10-23-27(3,22(20)12-13-26(21,24)2)14-17-15-29-31(25(17)30-23)19-6-4-18(28)5-7-19/h4-7,15,20-24,30H,8-14H2,1-3H3/t20-,21-,22-,23+,24-,26-,27+/m0/s1. The van der Waals surface area contributed by atoms with Crippen LogP contribution in [0.1, 0.15) is 64.9 Å². The maximum absolute atomic E-state index is 13.4. The van der Waals surface area contributed by atoms with Crippen LogP contribution in [-0.2, 0) is 16.0 Å². The van der Waals surface area contributed by atoms with Gasteiger partial charge in [-0.25, -0.2) is 9.07 Å². The molecular formula is C27H34FN3O2. The Balaban J connectivity index is 1.29. The van der Waals surface area contributed by atoms with E-state index in [4.69, 9.17) is 4.74 Å². The van der Waals surface area contributed by atoms with Crippen molar-refractivity contribution in [1.82, 2.24) is 9.78 Å². The summed E-state index contributed by atoms with van der Waals surface area (Å²) in [5, 5.41) is 8.55. The van der Waals surface area contributed by atoms with Crippen LogP contribution in [0.25, 0.3) is 5.69 Å². The van der Waals surface area contributed by atoms with Gasteiger partial charge in [0, 0.05) is 23.9 Å². The Morgan fingerprint density at radius 2 is 1.85 bits per heavy atom. The summed E-state index contributed by atoms with van der Waals surface area (Å²) < 4.78 is 21.2. The molecule has 2 aromatic rings. The Labute approximate surface area is 195 Å². The maximum atomic E-state index is 13.4. The van der Waals surface area contributed by atoms with Crippen LogP contribution in [0.2, 0.25) is 0 Å². The zero-order valence-corrected chi connectivity index (χ0v) is 19.8. The third kappa shape index (κ3) is 3.08. The van der Waals surface area contributed by atoms with Crippen molar-refractivity contribution >= 4 is 11.8 Å². The molecule has 0 spiro atoms. The first-order valence-electron chi connectivity index (χ1n) is 12.6. The highest BCUT2D eigenvalue weighted by molar-refractivity contribution is 5.66. The number of hydrogen-bond acceptors (Lipinski definition) is 4. The molecule has 1 N–H and O–H groups in total. The van der Waals surface area contributed by atoms with Gasteiger partial charge in [0.2, 0.25) is 0 Å². The summed E-state index contributed by atoms with van der Waals surface area (Å²) in [7, 11) is 0. The molecule has 0 bridgehead atoms. The SMILES string of the molecule is CC(=O)O[C@H]1CC[C@H]2[C@@H]3CC[C@H]4Nc5c(cnn5-c5ccc(F)cc5)C[C@]4(C)[C@H]3CC[C@]12C. The summed E-state index contributed by atoms with van der Waals surface area (Å²) in [4.78, 5) is 11.7. The fourth-order valence-electron chi connectivity index (χ4n) is 8.31. The minimum absolute atomic E-state index is 0.0801. The topological polar surface area (TPSA) is 56.1 Å². The third-order valence-corrected chi connectivity index (χ3v) is 9.89. The van der Waals surface area contributed by atoms with E-state index in [9.17, 15) is 9.18 Å². The third-order valence-electron chi connectivity index (χ3n) is 9.89. The van der Waals surface area contributed by atoms with E-state index in [1.807, 2.05) is 10.9 Å². The molecule has 5 nitrogen and oxygen atoms in total. The molecule has 6 heteroatoms. The van der Waals surface area contributed by atoms with E-state index in [0.29, 0.717) is 23.8 Å². The lowest BCUT2D eigenvalue weighted by Crippen LogP contribution is -2.58. The molecule has 33 heavy (non-hydrogen) atoms. The van der Waals surface area contributed by atoms with Crippen LogP contribution in [0.4, 0.5) is 10.2 Å². The molecule has 0 saturated heterocycles. The Morgan fingerprint density at radius 3 is 2.61 bits per heavy atom. The number of carbonyl (C=O) groups excluding carboxylic acids is 1. The number of rotatable bonds is 2. The Bertz CT molecular complexity index is 1080. The highest BCUT2D eigenvalue weighted by Crippen LogP contribution is 2.64. The first kappa shape index (κ1) is 21.2. The van der Waals surface area contributed by atoms with Gasteiger partial charge in [-0.1, -0.05) is 13.8 Å². The van der Waals surface area contributed by atoms with Gasteiger partial charge in [0.05, 0.1) is 11.9 Å². The van der Waals surface area contributed by atoms with Gasteiger partial charge >= 0.3 is 5.97 Å². The molecule has 0 amide bonds. The minimum Gasteiger partial charge on any atom is -0.462 e. The molecule has 0 radical (unpaired) electrons. The van der Waals surface area contributed by atoms with E-state index in [1.54, 1.807) is 19.1 Å². The van der Waals surface area contributed by atoms with Crippen LogP contribution in [-0.4, -0.2) is 27.9 Å². The lowest BCUT2D eigenvalue weighted by molar-refractivity contribution is -0.158. The Hall–Kier alpha value is -2.37. The van der Waals surface area contributed by atoms with Crippen LogP contribution in [0.5, 0.6) is 0 Å². The van der Waals surface area contributed by atoms with Gasteiger partial charge in [-0.15, -0.1) is 0 Å². The quantitative estimate of drug-likeness (QED) is 0.611. The first-order chi connectivity index (χ1) is 15.8. The van der Waals surface area contributed by atoms with Gasteiger partial charge in [-0.05, 0) is 92.4 Å². The number of benzene rings is 1. The van der Waals surface area contributed by atoms with Crippen LogP contribution in [0.15, 0.2) is 30.5 Å². The fourth-order valence-corrected chi connectivity index (χ4v) is 8.31. The van der Waals surface area contributed by atoms with E-state index in [-0.39, 0.29) is 28.7 Å². The average molecular weight is 452 g/mol. The number of ether oxygens (including phenoxy) is 1. The van der Waals surface area contributed by atoms with Gasteiger partial charge in [0.1, 0.15) is 17.7 Å². The first-order valence-corrected chi connectivity index (χ1v) is 12.6. The molecule has 1 aromatic heterocycles. The summed E-state index contributed by atoms with van der Waals surface area (Å²) in [6.45, 7) is 6.42. The number of esters is 1. The van der Waals surface area contributed by atoms with Crippen molar-refractivity contribution < 1.29 is 13.9 Å². The molecule has 1 aromatic carbocycles. The molecule has 3 aliphatic carbocycles. The summed E-state index contributed by atoms with van der Waals surface area (Å²) in [6.07, 6.45) is 10.0. The number of fused-ring (bicyclic) bond motifs is 6. The van der Waals surface area contributed by atoms with Crippen LogP contribution in [0, 0.1) is 34.4 Å². The van der Waals surface area contributed by atoms with Gasteiger partial charge in [0.25, 0.3) is 0 Å². The number of halogens is 1. The van der Waals surface area contributed by atoms with Crippen molar-refractivity contribution in [2.24, 2.45) is 28.6 Å². The van der Waals surface area contributed by atoms with Gasteiger partial charge in [-0.2, -0.15) is 5.10 Å². The number of anilines is 1. The van der Waals surface area contributed by atoms with Crippen LogP contribution >= 0.6 is 0 Å². The lowest BCUT2D eigenvalue weighted by Gasteiger charge is -2.60. The van der Waals surface area contributed by atoms with E-state index in [0.717, 1.165) is 37.2 Å². The van der Waals surface area contributed by atoms with Crippen molar-refractivity contribution in [1.29, 1.82) is 0 Å². The highest BCUT2D eigenvalue weighted by atomic mass is 19.1. The molecule has 3 saturated carbocycles. The molecule has 7 atom stereocenters. The summed E-state index contributed by atoms with van der Waals surface area (Å²) in [5.74, 6) is 2.70. The predicted octanol–water partition coefficient (Wildman–Crippen LogP) is 5.52.